The molecule has 0 spiro atoms. The number of allylic oxidation sites excluding steroid dienone is 1. The number of ether oxygens (including phenoxy) is 1. The molecule has 1 aromatic rings. The van der Waals surface area contributed by atoms with Crippen LogP contribution in [0, 0.1) is 0 Å². The number of phenolic OH excluding ortho intramolecular Hbond substituents is 1. The summed E-state index contributed by atoms with van der Waals surface area (Å²) in [5, 5.41) is 15.7. The lowest BCUT2D eigenvalue weighted by molar-refractivity contribution is 0.191. The molecule has 1 aliphatic heterocycles. The van der Waals surface area contributed by atoms with Gasteiger partial charge in [-0.3, -0.25) is 0 Å². The molecular weight excluding hydrogens is 415 g/mol. The SMILES string of the molecule is [2H]C([2H])([2H])[C@@]1(S(=O)(=O)c2c(Cl)ccc(NC(=O)N[C@@H]3CCC=C3Cl)c2O)CCOC1. The number of halogens is 2. The van der Waals surface area contributed by atoms with Crippen molar-refractivity contribution in [3.63, 3.8) is 0 Å². The molecule has 2 amide bonds. The van der Waals surface area contributed by atoms with Gasteiger partial charge in [-0.05, 0) is 38.2 Å². The molecule has 10 heteroatoms. The van der Waals surface area contributed by atoms with Crippen LogP contribution < -0.4 is 10.6 Å². The number of nitrogens with one attached hydrogen (secondary N) is 2. The molecular formula is C17H20Cl2N2O5S. The molecule has 1 aromatic carbocycles. The summed E-state index contributed by atoms with van der Waals surface area (Å²) in [5.41, 5.74) is -0.242. The zero-order chi connectivity index (χ0) is 22.3. The van der Waals surface area contributed by atoms with Crippen LogP contribution in [-0.4, -0.2) is 43.6 Å². The molecule has 27 heavy (non-hydrogen) atoms. The van der Waals surface area contributed by atoms with Gasteiger partial charge in [-0.25, -0.2) is 13.2 Å². The van der Waals surface area contributed by atoms with E-state index in [0.717, 1.165) is 6.07 Å². The molecule has 1 aliphatic carbocycles. The van der Waals surface area contributed by atoms with Crippen LogP contribution in [0.1, 0.15) is 30.2 Å². The highest BCUT2D eigenvalue weighted by atomic mass is 35.5. The smallest absolute Gasteiger partial charge is 0.319 e. The van der Waals surface area contributed by atoms with Crippen molar-refractivity contribution >= 4 is 44.8 Å². The van der Waals surface area contributed by atoms with Crippen LogP contribution in [0.5, 0.6) is 5.75 Å². The van der Waals surface area contributed by atoms with E-state index in [2.05, 4.69) is 10.6 Å². The lowest BCUT2D eigenvalue weighted by atomic mass is 10.1. The third-order valence-corrected chi connectivity index (χ3v) is 7.68. The second-order valence-electron chi connectivity index (χ2n) is 6.39. The number of urea groups is 1. The number of rotatable bonds is 4. The van der Waals surface area contributed by atoms with Crippen molar-refractivity contribution in [2.45, 2.75) is 41.8 Å². The molecule has 1 heterocycles. The van der Waals surface area contributed by atoms with E-state index in [1.165, 1.54) is 6.07 Å². The minimum Gasteiger partial charge on any atom is -0.504 e. The largest absolute Gasteiger partial charge is 0.504 e. The van der Waals surface area contributed by atoms with E-state index in [-0.39, 0.29) is 23.7 Å². The third kappa shape index (κ3) is 3.76. The quantitative estimate of drug-likeness (QED) is 0.625. The third-order valence-electron chi connectivity index (χ3n) is 4.53. The van der Waals surface area contributed by atoms with Crippen LogP contribution >= 0.6 is 23.2 Å². The molecule has 0 unspecified atom stereocenters. The standard InChI is InChI=1S/C17H20Cl2N2O5S/c1-17(7-8-26-9-17)27(24,25)15-11(19)5-6-13(14(15)22)21-16(23)20-12-4-2-3-10(12)18/h3,5-6,12,22H,2,4,7-9H2,1H3,(H2,20,21,23)/t12-,17-/m1/s1/i1D3. The predicted molar refractivity (Wildman–Crippen MR) is 103 cm³/mol. The fourth-order valence-corrected chi connectivity index (χ4v) is 5.38. The van der Waals surface area contributed by atoms with Crippen molar-refractivity contribution < 1.29 is 27.2 Å². The molecule has 2 atom stereocenters. The fourth-order valence-electron chi connectivity index (χ4n) is 2.98. The fraction of sp³-hybridized carbons (Fsp3) is 0.471. The topological polar surface area (TPSA) is 105 Å². The van der Waals surface area contributed by atoms with E-state index >= 15 is 0 Å². The summed E-state index contributed by atoms with van der Waals surface area (Å²) in [4.78, 5) is 11.5. The molecule has 2 aliphatic rings. The van der Waals surface area contributed by atoms with E-state index < -0.39 is 50.8 Å². The van der Waals surface area contributed by atoms with Crippen LogP contribution in [0.4, 0.5) is 10.5 Å². The van der Waals surface area contributed by atoms with Gasteiger partial charge in [0.25, 0.3) is 0 Å². The first kappa shape index (κ1) is 16.5. The molecule has 1 saturated heterocycles. The van der Waals surface area contributed by atoms with Crippen LogP contribution in [0.3, 0.4) is 0 Å². The first-order valence-corrected chi connectivity index (χ1v) is 10.4. The Morgan fingerprint density at radius 1 is 1.44 bits per heavy atom. The number of benzene rings is 1. The molecule has 0 saturated carbocycles. The summed E-state index contributed by atoms with van der Waals surface area (Å²) in [6.07, 6.45) is 2.80. The van der Waals surface area contributed by atoms with Gasteiger partial charge in [0.15, 0.2) is 15.6 Å². The predicted octanol–water partition coefficient (Wildman–Crippen LogP) is 3.40. The Kier molecular flexibility index (Phi) is 4.58. The monoisotopic (exact) mass is 437 g/mol. The number of amides is 2. The highest BCUT2D eigenvalue weighted by Crippen LogP contribution is 2.43. The maximum absolute atomic E-state index is 13.4. The Bertz CT molecular complexity index is 992. The first-order valence-electron chi connectivity index (χ1n) is 9.67. The van der Waals surface area contributed by atoms with Gasteiger partial charge in [0.1, 0.15) is 4.90 Å². The number of hydrogen-bond donors (Lipinski definition) is 3. The van der Waals surface area contributed by atoms with E-state index in [1.807, 2.05) is 0 Å². The number of phenols is 1. The molecule has 148 valence electrons. The summed E-state index contributed by atoms with van der Waals surface area (Å²) in [5.74, 6) is -0.846. The van der Waals surface area contributed by atoms with E-state index in [0.29, 0.717) is 17.9 Å². The van der Waals surface area contributed by atoms with Gasteiger partial charge in [0.05, 0.1) is 28.1 Å². The Hall–Kier alpha value is -1.48. The number of carbonyl (C=O) groups is 1. The van der Waals surface area contributed by atoms with E-state index in [9.17, 15) is 18.3 Å². The Balaban J connectivity index is 1.96. The lowest BCUT2D eigenvalue weighted by Gasteiger charge is -2.24. The van der Waals surface area contributed by atoms with Gasteiger partial charge < -0.3 is 20.5 Å². The number of sulfone groups is 1. The maximum Gasteiger partial charge on any atom is 0.319 e. The molecule has 0 bridgehead atoms. The van der Waals surface area contributed by atoms with Crippen LogP contribution in [0.15, 0.2) is 28.1 Å². The molecule has 7 nitrogen and oxygen atoms in total. The van der Waals surface area contributed by atoms with Crippen LogP contribution in [0.2, 0.25) is 5.02 Å². The normalized spacial score (nSPS) is 27.4. The van der Waals surface area contributed by atoms with E-state index in [1.54, 1.807) is 6.08 Å². The summed E-state index contributed by atoms with van der Waals surface area (Å²) < 4.78 is 52.9. The highest BCUT2D eigenvalue weighted by Gasteiger charge is 2.46. The number of aromatic hydroxyl groups is 1. The minimum atomic E-state index is -4.68. The average Bonchev–Trinajstić information content (AvgIpc) is 3.28. The van der Waals surface area contributed by atoms with Crippen molar-refractivity contribution in [1.29, 1.82) is 0 Å². The summed E-state index contributed by atoms with van der Waals surface area (Å²) in [6.45, 7) is -3.55. The number of carbonyl (C=O) groups excluding carboxylic acids is 1. The second kappa shape index (κ2) is 7.50. The van der Waals surface area contributed by atoms with Gasteiger partial charge in [0.2, 0.25) is 0 Å². The van der Waals surface area contributed by atoms with Crippen LogP contribution in [-0.2, 0) is 14.6 Å². The van der Waals surface area contributed by atoms with E-state index in [4.69, 9.17) is 32.1 Å². The van der Waals surface area contributed by atoms with Crippen molar-refractivity contribution in [3.8, 4) is 5.75 Å². The van der Waals surface area contributed by atoms with Crippen molar-refractivity contribution in [3.05, 3.63) is 28.3 Å². The maximum atomic E-state index is 13.4. The Labute approximate surface area is 171 Å². The molecule has 0 radical (unpaired) electrons. The zero-order valence-corrected chi connectivity index (χ0v) is 16.4. The molecule has 3 N–H and O–H groups in total. The van der Waals surface area contributed by atoms with Gasteiger partial charge in [0, 0.05) is 15.8 Å². The molecule has 3 rings (SSSR count). The zero-order valence-electron chi connectivity index (χ0n) is 17.1. The number of hydrogen-bond acceptors (Lipinski definition) is 5. The van der Waals surface area contributed by atoms with Crippen molar-refractivity contribution in [1.82, 2.24) is 5.32 Å². The lowest BCUT2D eigenvalue weighted by Crippen LogP contribution is -2.37. The highest BCUT2D eigenvalue weighted by molar-refractivity contribution is 7.93. The summed E-state index contributed by atoms with van der Waals surface area (Å²) in [7, 11) is -4.68. The van der Waals surface area contributed by atoms with Gasteiger partial charge in [-0.1, -0.05) is 29.3 Å². The Morgan fingerprint density at radius 2 is 2.22 bits per heavy atom. The van der Waals surface area contributed by atoms with Crippen molar-refractivity contribution in [2.24, 2.45) is 0 Å². The number of anilines is 1. The molecule has 1 fully saturated rings. The molecule has 0 aromatic heterocycles. The Morgan fingerprint density at radius 3 is 2.81 bits per heavy atom. The average molecular weight is 438 g/mol. The minimum absolute atomic E-state index is 0.0635. The van der Waals surface area contributed by atoms with Gasteiger partial charge in [-0.2, -0.15) is 0 Å². The van der Waals surface area contributed by atoms with Crippen LogP contribution in [0.25, 0.3) is 0 Å². The van der Waals surface area contributed by atoms with Gasteiger partial charge >= 0.3 is 6.03 Å². The summed E-state index contributed by atoms with van der Waals surface area (Å²) in [6, 6.07) is 1.27. The van der Waals surface area contributed by atoms with Crippen molar-refractivity contribution in [2.75, 3.05) is 18.5 Å². The first-order chi connectivity index (χ1) is 13.9. The van der Waals surface area contributed by atoms with Gasteiger partial charge in [-0.15, -0.1) is 0 Å². The summed E-state index contributed by atoms with van der Waals surface area (Å²) >= 11 is 12.1. The second-order valence-corrected chi connectivity index (χ2v) is 9.43.